The lowest BCUT2D eigenvalue weighted by Crippen LogP contribution is -2.00. The maximum Gasteiger partial charge on any atom is 0.149 e. The lowest BCUT2D eigenvalue weighted by Gasteiger charge is -2.13. The maximum absolute atomic E-state index is 9.42. The number of aromatic nitrogens is 1. The summed E-state index contributed by atoms with van der Waals surface area (Å²) in [7, 11) is 1.58. The van der Waals surface area contributed by atoms with Gasteiger partial charge in [0.05, 0.1) is 23.9 Å². The first-order valence-electron chi connectivity index (χ1n) is 7.03. The summed E-state index contributed by atoms with van der Waals surface area (Å²) >= 11 is 6.05. The van der Waals surface area contributed by atoms with Crippen LogP contribution in [0.1, 0.15) is 11.1 Å². The van der Waals surface area contributed by atoms with Crippen LogP contribution in [0.15, 0.2) is 42.5 Å². The van der Waals surface area contributed by atoms with E-state index in [4.69, 9.17) is 16.3 Å². The second-order valence-electron chi connectivity index (χ2n) is 5.11. The van der Waals surface area contributed by atoms with Crippen molar-refractivity contribution in [2.75, 3.05) is 12.4 Å². The van der Waals surface area contributed by atoms with E-state index in [9.17, 15) is 5.26 Å². The van der Waals surface area contributed by atoms with Gasteiger partial charge in [0, 0.05) is 10.4 Å². The number of nitrogens with one attached hydrogen (secondary N) is 1. The number of para-hydroxylation sites is 1. The summed E-state index contributed by atoms with van der Waals surface area (Å²) in [5.41, 5.74) is 3.03. The van der Waals surface area contributed by atoms with E-state index < -0.39 is 0 Å². The number of nitriles is 1. The van der Waals surface area contributed by atoms with Gasteiger partial charge in [0.15, 0.2) is 0 Å². The van der Waals surface area contributed by atoms with E-state index in [0.29, 0.717) is 27.8 Å². The minimum absolute atomic E-state index is 0.463. The average Bonchev–Trinajstić information content (AvgIpc) is 2.55. The van der Waals surface area contributed by atoms with Crippen molar-refractivity contribution in [3.05, 3.63) is 58.6 Å². The molecule has 0 saturated carbocycles. The number of aryl methyl sites for hydroxylation is 1. The summed E-state index contributed by atoms with van der Waals surface area (Å²) in [5.74, 6) is 1.11. The van der Waals surface area contributed by atoms with Crippen LogP contribution in [0.5, 0.6) is 5.75 Å². The highest BCUT2D eigenvalue weighted by atomic mass is 35.5. The molecular weight excluding hydrogens is 310 g/mol. The molecule has 0 amide bonds. The molecule has 0 bridgehead atoms. The van der Waals surface area contributed by atoms with Gasteiger partial charge in [-0.1, -0.05) is 29.8 Å². The van der Waals surface area contributed by atoms with Crippen LogP contribution in [-0.2, 0) is 0 Å². The van der Waals surface area contributed by atoms with Crippen LogP contribution in [0.25, 0.3) is 10.9 Å². The molecule has 0 aliphatic carbocycles. The third-order valence-corrected chi connectivity index (χ3v) is 3.82. The van der Waals surface area contributed by atoms with Crippen LogP contribution in [0.4, 0.5) is 11.5 Å². The summed E-state index contributed by atoms with van der Waals surface area (Å²) in [4.78, 5) is 4.61. The minimum Gasteiger partial charge on any atom is -0.495 e. The van der Waals surface area contributed by atoms with E-state index >= 15 is 0 Å². The number of halogens is 1. The topological polar surface area (TPSA) is 57.9 Å². The van der Waals surface area contributed by atoms with Crippen molar-refractivity contribution in [1.82, 2.24) is 4.98 Å². The average molecular weight is 324 g/mol. The highest BCUT2D eigenvalue weighted by Crippen LogP contribution is 2.32. The summed E-state index contributed by atoms with van der Waals surface area (Å²) in [6.07, 6.45) is 0. The number of methoxy groups -OCH3 is 1. The molecule has 2 aromatic carbocycles. The van der Waals surface area contributed by atoms with Crippen molar-refractivity contribution in [1.29, 1.82) is 5.26 Å². The van der Waals surface area contributed by atoms with Gasteiger partial charge in [-0.15, -0.1) is 0 Å². The monoisotopic (exact) mass is 323 g/mol. The number of hydrogen-bond donors (Lipinski definition) is 1. The lowest BCUT2D eigenvalue weighted by atomic mass is 10.1. The highest BCUT2D eigenvalue weighted by Gasteiger charge is 2.11. The summed E-state index contributed by atoms with van der Waals surface area (Å²) in [6, 6.07) is 15.1. The van der Waals surface area contributed by atoms with Crippen molar-refractivity contribution in [3.63, 3.8) is 0 Å². The smallest absolute Gasteiger partial charge is 0.149 e. The molecule has 0 fully saturated rings. The van der Waals surface area contributed by atoms with Crippen molar-refractivity contribution >= 4 is 34.0 Å². The lowest BCUT2D eigenvalue weighted by molar-refractivity contribution is 0.417. The Morgan fingerprint density at radius 2 is 2.04 bits per heavy atom. The van der Waals surface area contributed by atoms with Crippen molar-refractivity contribution < 1.29 is 4.74 Å². The third-order valence-electron chi connectivity index (χ3n) is 3.58. The molecule has 5 heteroatoms. The second-order valence-corrected chi connectivity index (χ2v) is 5.55. The highest BCUT2D eigenvalue weighted by molar-refractivity contribution is 6.31. The van der Waals surface area contributed by atoms with Crippen LogP contribution in [0.3, 0.4) is 0 Å². The first kappa shape index (κ1) is 15.1. The molecular formula is C18H14ClN3O. The Balaban J connectivity index is 2.15. The zero-order valence-corrected chi connectivity index (χ0v) is 13.5. The Morgan fingerprint density at radius 1 is 1.22 bits per heavy atom. The molecule has 1 N–H and O–H groups in total. The second kappa shape index (κ2) is 6.15. The molecule has 114 valence electrons. The Bertz CT molecular complexity index is 931. The Labute approximate surface area is 139 Å². The van der Waals surface area contributed by atoms with E-state index in [2.05, 4.69) is 16.4 Å². The summed E-state index contributed by atoms with van der Waals surface area (Å²) < 4.78 is 5.33. The number of rotatable bonds is 3. The predicted octanol–water partition coefficient (Wildman–Crippen LogP) is 4.82. The number of ether oxygens (including phenoxy) is 1. The summed E-state index contributed by atoms with van der Waals surface area (Å²) in [5, 5.41) is 14.1. The zero-order valence-electron chi connectivity index (χ0n) is 12.7. The standard InChI is InChI=1S/C18H14ClN3O/c1-11-4-3-5-12-8-13(10-20)18(22-17(11)12)21-15-9-14(19)6-7-16(15)23-2/h3-9H,1-2H3,(H,21,22). The molecule has 4 nitrogen and oxygen atoms in total. The van der Waals surface area contributed by atoms with E-state index in [1.165, 1.54) is 0 Å². The Morgan fingerprint density at radius 3 is 2.78 bits per heavy atom. The van der Waals surface area contributed by atoms with Crippen molar-refractivity contribution in [2.24, 2.45) is 0 Å². The molecule has 1 aromatic heterocycles. The van der Waals surface area contributed by atoms with E-state index in [-0.39, 0.29) is 0 Å². The molecule has 23 heavy (non-hydrogen) atoms. The van der Waals surface area contributed by atoms with E-state index in [0.717, 1.165) is 16.5 Å². The fourth-order valence-electron chi connectivity index (χ4n) is 2.43. The van der Waals surface area contributed by atoms with Crippen LogP contribution in [0.2, 0.25) is 5.02 Å². The summed E-state index contributed by atoms with van der Waals surface area (Å²) in [6.45, 7) is 1.99. The third kappa shape index (κ3) is 2.92. The molecule has 3 aromatic rings. The molecule has 0 radical (unpaired) electrons. The molecule has 0 aliphatic rings. The number of anilines is 2. The fraction of sp³-hybridized carbons (Fsp3) is 0.111. The first-order chi connectivity index (χ1) is 11.1. The zero-order chi connectivity index (χ0) is 16.4. The molecule has 0 spiro atoms. The van der Waals surface area contributed by atoms with Gasteiger partial charge in [0.25, 0.3) is 0 Å². The SMILES string of the molecule is COc1ccc(Cl)cc1Nc1nc2c(C)cccc2cc1C#N. The van der Waals surface area contributed by atoms with Crippen LogP contribution < -0.4 is 10.1 Å². The molecule has 3 rings (SSSR count). The first-order valence-corrected chi connectivity index (χ1v) is 7.41. The minimum atomic E-state index is 0.463. The maximum atomic E-state index is 9.42. The molecule has 0 unspecified atom stereocenters. The number of pyridine rings is 1. The largest absolute Gasteiger partial charge is 0.495 e. The Kier molecular flexibility index (Phi) is 4.05. The van der Waals surface area contributed by atoms with Gasteiger partial charge < -0.3 is 10.1 Å². The number of benzene rings is 2. The van der Waals surface area contributed by atoms with Gasteiger partial charge in [0.1, 0.15) is 17.6 Å². The Hall–Kier alpha value is -2.77. The van der Waals surface area contributed by atoms with Crippen molar-refractivity contribution in [2.45, 2.75) is 6.92 Å². The number of hydrogen-bond acceptors (Lipinski definition) is 4. The molecule has 0 saturated heterocycles. The van der Waals surface area contributed by atoms with Gasteiger partial charge >= 0.3 is 0 Å². The van der Waals surface area contributed by atoms with Crippen molar-refractivity contribution in [3.8, 4) is 11.8 Å². The molecule has 1 heterocycles. The number of nitrogens with zero attached hydrogens (tertiary/aromatic N) is 2. The number of fused-ring (bicyclic) bond motifs is 1. The molecule has 0 aliphatic heterocycles. The predicted molar refractivity (Wildman–Crippen MR) is 92.5 cm³/mol. The van der Waals surface area contributed by atoms with E-state index in [1.807, 2.05) is 31.2 Å². The van der Waals surface area contributed by atoms with Gasteiger partial charge in [-0.3, -0.25) is 0 Å². The van der Waals surface area contributed by atoms with Crippen LogP contribution in [0, 0.1) is 18.3 Å². The van der Waals surface area contributed by atoms with Crippen LogP contribution in [-0.4, -0.2) is 12.1 Å². The fourth-order valence-corrected chi connectivity index (χ4v) is 2.60. The van der Waals surface area contributed by atoms with Gasteiger partial charge in [-0.25, -0.2) is 4.98 Å². The normalized spacial score (nSPS) is 10.3. The van der Waals surface area contributed by atoms with Crippen LogP contribution >= 0.6 is 11.6 Å². The molecule has 0 atom stereocenters. The van der Waals surface area contributed by atoms with Gasteiger partial charge in [-0.2, -0.15) is 5.26 Å². The van der Waals surface area contributed by atoms with E-state index in [1.54, 1.807) is 25.3 Å². The van der Waals surface area contributed by atoms with Gasteiger partial charge in [0.2, 0.25) is 0 Å². The quantitative estimate of drug-likeness (QED) is 0.750. The van der Waals surface area contributed by atoms with Gasteiger partial charge in [-0.05, 0) is 36.8 Å².